The summed E-state index contributed by atoms with van der Waals surface area (Å²) in [6, 6.07) is -0.0403. The van der Waals surface area contributed by atoms with E-state index in [0.29, 0.717) is 23.8 Å². The van der Waals surface area contributed by atoms with Crippen LogP contribution in [0.2, 0.25) is 0 Å². The molecule has 3 aliphatic carbocycles. The summed E-state index contributed by atoms with van der Waals surface area (Å²) in [6.07, 6.45) is 9.15. The van der Waals surface area contributed by atoms with Gasteiger partial charge in [-0.2, -0.15) is 0 Å². The molecule has 4 aliphatic rings. The van der Waals surface area contributed by atoms with Gasteiger partial charge in [-0.3, -0.25) is 9.69 Å². The zero-order valence-corrected chi connectivity index (χ0v) is 18.9. The summed E-state index contributed by atoms with van der Waals surface area (Å²) in [5, 5.41) is 6.02. The molecule has 2 amide bonds. The standard InChI is InChI=1S/C24H41N3O2/c1-5-13-25-22(29)26-15-27-14-10-20-17-6-7-18-16(2)21(28)9-11-23(18,3)19(17)8-12-24(20,27)4/h16-20H,5-15H2,1-4H3,(H2,25,26,29)/t16?,17-,18?,19-,20+,23+,24+/m1/s1. The van der Waals surface area contributed by atoms with E-state index >= 15 is 0 Å². The molecule has 0 bridgehead atoms. The predicted molar refractivity (Wildman–Crippen MR) is 115 cm³/mol. The summed E-state index contributed by atoms with van der Waals surface area (Å²) >= 11 is 0. The number of fused-ring (bicyclic) bond motifs is 5. The first-order valence-electron chi connectivity index (χ1n) is 12.1. The monoisotopic (exact) mass is 403 g/mol. The minimum atomic E-state index is -0.0403. The zero-order chi connectivity index (χ0) is 20.8. The van der Waals surface area contributed by atoms with Crippen LogP contribution in [0.15, 0.2) is 0 Å². The van der Waals surface area contributed by atoms with Crippen molar-refractivity contribution in [3.05, 3.63) is 0 Å². The first-order valence-corrected chi connectivity index (χ1v) is 12.1. The Morgan fingerprint density at radius 1 is 1.07 bits per heavy atom. The van der Waals surface area contributed by atoms with Gasteiger partial charge >= 0.3 is 6.03 Å². The zero-order valence-electron chi connectivity index (χ0n) is 18.9. The Morgan fingerprint density at radius 3 is 2.62 bits per heavy atom. The lowest BCUT2D eigenvalue weighted by Gasteiger charge is -2.61. The van der Waals surface area contributed by atoms with Crippen LogP contribution < -0.4 is 10.6 Å². The summed E-state index contributed by atoms with van der Waals surface area (Å²) < 4.78 is 0. The van der Waals surface area contributed by atoms with E-state index in [9.17, 15) is 9.59 Å². The molecule has 4 rings (SSSR count). The number of Topliss-reactive ketones (excluding diaryl/α,β-unsaturated/α-hetero) is 1. The molecule has 5 heteroatoms. The minimum Gasteiger partial charge on any atom is -0.338 e. The van der Waals surface area contributed by atoms with Crippen LogP contribution in [0.25, 0.3) is 0 Å². The lowest BCUT2D eigenvalue weighted by molar-refractivity contribution is -0.147. The first kappa shape index (κ1) is 21.1. The molecule has 1 aliphatic heterocycles. The Hall–Kier alpha value is -1.10. The molecule has 5 nitrogen and oxygen atoms in total. The normalized spacial score (nSPS) is 44.6. The lowest BCUT2D eigenvalue weighted by Crippen LogP contribution is -2.60. The van der Waals surface area contributed by atoms with Crippen molar-refractivity contribution in [3.8, 4) is 0 Å². The van der Waals surface area contributed by atoms with Crippen molar-refractivity contribution >= 4 is 11.8 Å². The summed E-state index contributed by atoms with van der Waals surface area (Å²) in [6.45, 7) is 11.7. The molecule has 164 valence electrons. The Labute approximate surface area is 176 Å². The van der Waals surface area contributed by atoms with Gasteiger partial charge in [-0.05, 0) is 81.0 Å². The number of carbonyl (C=O) groups excluding carboxylic acids is 2. The minimum absolute atomic E-state index is 0.0403. The summed E-state index contributed by atoms with van der Waals surface area (Å²) in [5.41, 5.74) is 0.557. The molecule has 2 unspecified atom stereocenters. The fourth-order valence-corrected chi connectivity index (χ4v) is 8.02. The first-order chi connectivity index (χ1) is 13.8. The van der Waals surface area contributed by atoms with E-state index in [1.54, 1.807) is 0 Å². The number of hydrogen-bond acceptors (Lipinski definition) is 3. The van der Waals surface area contributed by atoms with E-state index in [2.05, 4.69) is 43.2 Å². The van der Waals surface area contributed by atoms with E-state index in [-0.39, 0.29) is 17.5 Å². The molecule has 29 heavy (non-hydrogen) atoms. The molecule has 7 atom stereocenters. The number of hydrogen-bond donors (Lipinski definition) is 2. The molecule has 0 aromatic carbocycles. The van der Waals surface area contributed by atoms with Crippen molar-refractivity contribution in [1.82, 2.24) is 15.5 Å². The second-order valence-corrected chi connectivity index (χ2v) is 10.9. The van der Waals surface area contributed by atoms with Crippen molar-refractivity contribution in [2.24, 2.45) is 35.0 Å². The van der Waals surface area contributed by atoms with E-state index in [0.717, 1.165) is 50.1 Å². The molecule has 0 aromatic heterocycles. The van der Waals surface area contributed by atoms with E-state index in [4.69, 9.17) is 0 Å². The van der Waals surface area contributed by atoms with Crippen molar-refractivity contribution in [3.63, 3.8) is 0 Å². The van der Waals surface area contributed by atoms with Gasteiger partial charge in [0.1, 0.15) is 5.78 Å². The summed E-state index contributed by atoms with van der Waals surface area (Å²) in [7, 11) is 0. The van der Waals surface area contributed by atoms with Crippen LogP contribution in [0.4, 0.5) is 4.79 Å². The van der Waals surface area contributed by atoms with Gasteiger partial charge in [-0.25, -0.2) is 4.79 Å². The van der Waals surface area contributed by atoms with Gasteiger partial charge in [0.05, 0.1) is 6.67 Å². The van der Waals surface area contributed by atoms with Crippen LogP contribution in [0.3, 0.4) is 0 Å². The van der Waals surface area contributed by atoms with Crippen LogP contribution in [0.1, 0.15) is 79.1 Å². The molecule has 0 spiro atoms. The maximum absolute atomic E-state index is 12.4. The third-order valence-corrected chi connectivity index (χ3v) is 9.72. The number of carbonyl (C=O) groups is 2. The van der Waals surface area contributed by atoms with Gasteiger partial charge < -0.3 is 10.6 Å². The second-order valence-electron chi connectivity index (χ2n) is 10.9. The van der Waals surface area contributed by atoms with Gasteiger partial charge in [0.2, 0.25) is 0 Å². The maximum atomic E-state index is 12.4. The molecule has 1 saturated heterocycles. The maximum Gasteiger partial charge on any atom is 0.315 e. The predicted octanol–water partition coefficient (Wildman–Crippen LogP) is 4.18. The average Bonchev–Trinajstić information content (AvgIpc) is 3.04. The van der Waals surface area contributed by atoms with Gasteiger partial charge in [0, 0.05) is 31.0 Å². The Balaban J connectivity index is 1.45. The number of likely N-dealkylation sites (tertiary alicyclic amines) is 1. The molecule has 2 N–H and O–H groups in total. The fourth-order valence-electron chi connectivity index (χ4n) is 8.02. The Bertz CT molecular complexity index is 652. The fraction of sp³-hybridized carbons (Fsp3) is 0.917. The topological polar surface area (TPSA) is 61.4 Å². The van der Waals surface area contributed by atoms with Crippen LogP contribution >= 0.6 is 0 Å². The molecule has 3 saturated carbocycles. The van der Waals surface area contributed by atoms with Crippen molar-refractivity contribution in [2.75, 3.05) is 19.8 Å². The quantitative estimate of drug-likeness (QED) is 0.740. The van der Waals surface area contributed by atoms with Gasteiger partial charge in [0.15, 0.2) is 0 Å². The van der Waals surface area contributed by atoms with Crippen molar-refractivity contribution in [1.29, 1.82) is 0 Å². The van der Waals surface area contributed by atoms with Crippen LogP contribution in [0.5, 0.6) is 0 Å². The lowest BCUT2D eigenvalue weighted by atomic mass is 9.44. The highest BCUT2D eigenvalue weighted by Crippen LogP contribution is 2.64. The number of ketones is 1. The summed E-state index contributed by atoms with van der Waals surface area (Å²) in [5.74, 6) is 3.65. The van der Waals surface area contributed by atoms with Crippen LogP contribution in [-0.4, -0.2) is 42.0 Å². The highest BCUT2D eigenvalue weighted by atomic mass is 16.2. The third kappa shape index (κ3) is 3.41. The number of nitrogens with zero attached hydrogens (tertiary/aromatic N) is 1. The van der Waals surface area contributed by atoms with Crippen molar-refractivity contribution in [2.45, 2.75) is 84.6 Å². The Morgan fingerprint density at radius 2 is 1.86 bits per heavy atom. The molecule has 4 fully saturated rings. The summed E-state index contributed by atoms with van der Waals surface area (Å²) in [4.78, 5) is 26.9. The smallest absolute Gasteiger partial charge is 0.315 e. The van der Waals surface area contributed by atoms with Crippen LogP contribution in [0, 0.1) is 35.0 Å². The van der Waals surface area contributed by atoms with Gasteiger partial charge in [0.25, 0.3) is 0 Å². The molecular weight excluding hydrogens is 362 g/mol. The van der Waals surface area contributed by atoms with E-state index < -0.39 is 0 Å². The average molecular weight is 404 g/mol. The van der Waals surface area contributed by atoms with Gasteiger partial charge in [-0.15, -0.1) is 0 Å². The number of urea groups is 1. The van der Waals surface area contributed by atoms with Gasteiger partial charge in [-0.1, -0.05) is 20.8 Å². The molecular formula is C24H41N3O2. The largest absolute Gasteiger partial charge is 0.338 e. The third-order valence-electron chi connectivity index (χ3n) is 9.72. The number of rotatable bonds is 4. The molecule has 0 aromatic rings. The molecule has 1 heterocycles. The van der Waals surface area contributed by atoms with E-state index in [1.165, 1.54) is 32.1 Å². The van der Waals surface area contributed by atoms with Crippen LogP contribution in [-0.2, 0) is 4.79 Å². The highest BCUT2D eigenvalue weighted by Gasteiger charge is 2.60. The number of amides is 2. The second kappa shape index (κ2) is 7.86. The SMILES string of the molecule is CCCNC(=O)NCN1CC[C@H]2[C@@H]3CCC4C(C)C(=O)CC[C@]4(C)[C@@H]3CC[C@@]21C. The van der Waals surface area contributed by atoms with E-state index in [1.807, 2.05) is 0 Å². The number of nitrogens with one attached hydrogen (secondary N) is 2. The highest BCUT2D eigenvalue weighted by molar-refractivity contribution is 5.82. The molecule has 0 radical (unpaired) electrons. The Kier molecular flexibility index (Phi) is 5.73. The van der Waals surface area contributed by atoms with Crippen molar-refractivity contribution < 1.29 is 9.59 Å².